The van der Waals surface area contributed by atoms with Crippen LogP contribution in [0.4, 0.5) is 5.69 Å². The molecule has 1 rings (SSSR count). The standard InChI is InChI=1S/C15H25N/c1-6-11(3)13(5)16-15-12(4)9-8-10-14(15)7-2/h8-11,13,16H,6-7H2,1-5H3. The number of hydrogen-bond donors (Lipinski definition) is 1. The zero-order chi connectivity index (χ0) is 12.1. The van der Waals surface area contributed by atoms with Crippen LogP contribution in [0.2, 0.25) is 0 Å². The van der Waals surface area contributed by atoms with E-state index in [-0.39, 0.29) is 0 Å². The van der Waals surface area contributed by atoms with Crippen LogP contribution >= 0.6 is 0 Å². The Morgan fingerprint density at radius 2 is 1.88 bits per heavy atom. The molecule has 0 aliphatic heterocycles. The second-order valence-electron chi connectivity index (χ2n) is 4.78. The Labute approximate surface area is 100 Å². The van der Waals surface area contributed by atoms with Crippen molar-refractivity contribution >= 4 is 5.69 Å². The van der Waals surface area contributed by atoms with Crippen LogP contribution in [-0.2, 0) is 6.42 Å². The second kappa shape index (κ2) is 5.93. The first-order chi connectivity index (χ1) is 7.60. The van der Waals surface area contributed by atoms with E-state index in [1.807, 2.05) is 0 Å². The maximum Gasteiger partial charge on any atom is 0.0404 e. The van der Waals surface area contributed by atoms with Crippen LogP contribution in [0.5, 0.6) is 0 Å². The van der Waals surface area contributed by atoms with Crippen LogP contribution in [0, 0.1) is 12.8 Å². The van der Waals surface area contributed by atoms with Gasteiger partial charge in [0.25, 0.3) is 0 Å². The molecular formula is C15H25N. The highest BCUT2D eigenvalue weighted by Gasteiger charge is 2.12. The van der Waals surface area contributed by atoms with Crippen molar-refractivity contribution in [1.29, 1.82) is 0 Å². The number of nitrogens with one attached hydrogen (secondary N) is 1. The monoisotopic (exact) mass is 219 g/mol. The molecule has 0 aromatic heterocycles. The highest BCUT2D eigenvalue weighted by Crippen LogP contribution is 2.23. The van der Waals surface area contributed by atoms with E-state index in [0.717, 1.165) is 6.42 Å². The topological polar surface area (TPSA) is 12.0 Å². The van der Waals surface area contributed by atoms with Crippen LogP contribution in [0.1, 0.15) is 45.2 Å². The summed E-state index contributed by atoms with van der Waals surface area (Å²) in [6, 6.07) is 7.09. The molecule has 0 fully saturated rings. The van der Waals surface area contributed by atoms with Crippen LogP contribution in [0.15, 0.2) is 18.2 Å². The molecule has 0 aliphatic carbocycles. The van der Waals surface area contributed by atoms with Crippen LogP contribution < -0.4 is 5.32 Å². The molecule has 90 valence electrons. The van der Waals surface area contributed by atoms with Gasteiger partial charge in [0.1, 0.15) is 0 Å². The molecule has 0 heterocycles. The van der Waals surface area contributed by atoms with Crippen molar-refractivity contribution in [3.63, 3.8) is 0 Å². The molecule has 1 heteroatoms. The third-order valence-corrected chi connectivity index (χ3v) is 3.61. The Morgan fingerprint density at radius 3 is 2.44 bits per heavy atom. The van der Waals surface area contributed by atoms with Crippen molar-refractivity contribution in [1.82, 2.24) is 0 Å². The van der Waals surface area contributed by atoms with Crippen molar-refractivity contribution in [3.8, 4) is 0 Å². The third kappa shape index (κ3) is 3.01. The number of hydrogen-bond acceptors (Lipinski definition) is 1. The van der Waals surface area contributed by atoms with Gasteiger partial charge in [-0.3, -0.25) is 0 Å². The highest BCUT2D eigenvalue weighted by atomic mass is 14.9. The van der Waals surface area contributed by atoms with E-state index < -0.39 is 0 Å². The Hall–Kier alpha value is -0.980. The van der Waals surface area contributed by atoms with E-state index in [1.54, 1.807) is 0 Å². The molecular weight excluding hydrogens is 194 g/mol. The maximum atomic E-state index is 3.68. The maximum absolute atomic E-state index is 3.68. The van der Waals surface area contributed by atoms with Crippen molar-refractivity contribution in [2.45, 2.75) is 53.5 Å². The molecule has 0 radical (unpaired) electrons. The van der Waals surface area contributed by atoms with Gasteiger partial charge in [0.2, 0.25) is 0 Å². The predicted octanol–water partition coefficient (Wildman–Crippen LogP) is 4.40. The fourth-order valence-corrected chi connectivity index (χ4v) is 1.95. The van der Waals surface area contributed by atoms with Crippen molar-refractivity contribution in [2.75, 3.05) is 5.32 Å². The number of para-hydroxylation sites is 1. The molecule has 0 amide bonds. The van der Waals surface area contributed by atoms with Crippen LogP contribution in [0.3, 0.4) is 0 Å². The molecule has 2 unspecified atom stereocenters. The first-order valence-corrected chi connectivity index (χ1v) is 6.45. The Balaban J connectivity index is 2.87. The summed E-state index contributed by atoms with van der Waals surface area (Å²) in [4.78, 5) is 0. The van der Waals surface area contributed by atoms with E-state index in [4.69, 9.17) is 0 Å². The molecule has 1 N–H and O–H groups in total. The fourth-order valence-electron chi connectivity index (χ4n) is 1.95. The molecule has 0 bridgehead atoms. The Bertz CT molecular complexity index is 330. The minimum Gasteiger partial charge on any atom is -0.382 e. The summed E-state index contributed by atoms with van der Waals surface area (Å²) in [5.74, 6) is 0.712. The van der Waals surface area contributed by atoms with Gasteiger partial charge in [0.05, 0.1) is 0 Å². The Morgan fingerprint density at radius 1 is 1.19 bits per heavy atom. The van der Waals surface area contributed by atoms with E-state index in [2.05, 4.69) is 58.1 Å². The van der Waals surface area contributed by atoms with Crippen molar-refractivity contribution in [3.05, 3.63) is 29.3 Å². The number of anilines is 1. The minimum atomic E-state index is 0.538. The van der Waals surface area contributed by atoms with Gasteiger partial charge in [-0.15, -0.1) is 0 Å². The van der Waals surface area contributed by atoms with E-state index >= 15 is 0 Å². The molecule has 0 aliphatic rings. The lowest BCUT2D eigenvalue weighted by Gasteiger charge is -2.24. The van der Waals surface area contributed by atoms with Gasteiger partial charge in [-0.1, -0.05) is 45.4 Å². The van der Waals surface area contributed by atoms with Gasteiger partial charge in [-0.25, -0.2) is 0 Å². The number of rotatable bonds is 5. The molecule has 1 aromatic rings. The molecule has 0 spiro atoms. The van der Waals surface area contributed by atoms with Crippen molar-refractivity contribution < 1.29 is 0 Å². The predicted molar refractivity (Wildman–Crippen MR) is 73.1 cm³/mol. The summed E-state index contributed by atoms with van der Waals surface area (Å²) < 4.78 is 0. The van der Waals surface area contributed by atoms with Gasteiger partial charge in [0.15, 0.2) is 0 Å². The second-order valence-corrected chi connectivity index (χ2v) is 4.78. The van der Waals surface area contributed by atoms with Crippen molar-refractivity contribution in [2.24, 2.45) is 5.92 Å². The Kier molecular flexibility index (Phi) is 4.85. The molecule has 0 saturated heterocycles. The molecule has 16 heavy (non-hydrogen) atoms. The van der Waals surface area contributed by atoms with Crippen LogP contribution in [-0.4, -0.2) is 6.04 Å². The minimum absolute atomic E-state index is 0.538. The number of benzene rings is 1. The summed E-state index contributed by atoms with van der Waals surface area (Å²) in [5.41, 5.74) is 4.13. The molecule has 2 atom stereocenters. The lowest BCUT2D eigenvalue weighted by atomic mass is 9.98. The largest absolute Gasteiger partial charge is 0.382 e. The first-order valence-electron chi connectivity index (χ1n) is 6.45. The van der Waals surface area contributed by atoms with Gasteiger partial charge in [0, 0.05) is 11.7 Å². The summed E-state index contributed by atoms with van der Waals surface area (Å²) in [6.45, 7) is 11.2. The lowest BCUT2D eigenvalue weighted by molar-refractivity contribution is 0.494. The lowest BCUT2D eigenvalue weighted by Crippen LogP contribution is -2.24. The van der Waals surface area contributed by atoms with E-state index in [0.29, 0.717) is 12.0 Å². The summed E-state index contributed by atoms with van der Waals surface area (Å²) in [7, 11) is 0. The van der Waals surface area contributed by atoms with Crippen LogP contribution in [0.25, 0.3) is 0 Å². The molecule has 0 saturated carbocycles. The summed E-state index contributed by atoms with van der Waals surface area (Å²) in [5, 5.41) is 3.68. The fraction of sp³-hybridized carbons (Fsp3) is 0.600. The molecule has 1 aromatic carbocycles. The van der Waals surface area contributed by atoms with Gasteiger partial charge >= 0.3 is 0 Å². The average Bonchev–Trinajstić information content (AvgIpc) is 2.30. The van der Waals surface area contributed by atoms with E-state index in [1.165, 1.54) is 23.2 Å². The SMILES string of the molecule is CCc1cccc(C)c1NC(C)C(C)CC. The zero-order valence-corrected chi connectivity index (χ0v) is 11.3. The summed E-state index contributed by atoms with van der Waals surface area (Å²) >= 11 is 0. The normalized spacial score (nSPS) is 14.6. The summed E-state index contributed by atoms with van der Waals surface area (Å²) in [6.07, 6.45) is 2.32. The average molecular weight is 219 g/mol. The quantitative estimate of drug-likeness (QED) is 0.773. The van der Waals surface area contributed by atoms with Gasteiger partial charge < -0.3 is 5.32 Å². The first kappa shape index (κ1) is 13.1. The molecule has 1 nitrogen and oxygen atoms in total. The van der Waals surface area contributed by atoms with Gasteiger partial charge in [-0.05, 0) is 37.3 Å². The highest BCUT2D eigenvalue weighted by molar-refractivity contribution is 5.57. The van der Waals surface area contributed by atoms with Gasteiger partial charge in [-0.2, -0.15) is 0 Å². The smallest absolute Gasteiger partial charge is 0.0404 e. The third-order valence-electron chi connectivity index (χ3n) is 3.61. The number of aryl methyl sites for hydroxylation is 2. The zero-order valence-electron chi connectivity index (χ0n) is 11.3. The van der Waals surface area contributed by atoms with E-state index in [9.17, 15) is 0 Å².